The molecule has 3 nitrogen and oxygen atoms in total. The second-order valence-corrected chi connectivity index (χ2v) is 15.2. The normalized spacial score (nSPS) is 13.9. The summed E-state index contributed by atoms with van der Waals surface area (Å²) in [5.41, 5.74) is 25.9. The zero-order valence-electron chi connectivity index (χ0n) is 31.4. The van der Waals surface area contributed by atoms with E-state index < -0.39 is 0 Å². The Kier molecular flexibility index (Phi) is 11.9. The highest BCUT2D eigenvalue weighted by Crippen LogP contribution is 2.37. The molecule has 0 fully saturated rings. The monoisotopic (exact) mass is 649 g/mol. The van der Waals surface area contributed by atoms with Gasteiger partial charge in [-0.15, -0.1) is 0 Å². The van der Waals surface area contributed by atoms with Crippen molar-refractivity contribution in [1.29, 1.82) is 0 Å². The third kappa shape index (κ3) is 9.06. The number of allylic oxidation sites excluding steroid dienone is 8. The second-order valence-electron chi connectivity index (χ2n) is 15.2. The number of hydrogen-bond acceptors (Lipinski definition) is 3. The van der Waals surface area contributed by atoms with Crippen LogP contribution in [0, 0.1) is 5.41 Å². The number of nitrogens with two attached hydrogens (primary N) is 2. The van der Waals surface area contributed by atoms with Crippen LogP contribution in [-0.4, -0.2) is 6.71 Å². The molecule has 0 radical (unpaired) electrons. The Morgan fingerprint density at radius 3 is 1.78 bits per heavy atom. The fraction of sp³-hybridized carbons (Fsp3) is 0.289. The van der Waals surface area contributed by atoms with E-state index in [0.717, 1.165) is 39.4 Å². The molecule has 4 rings (SSSR count). The van der Waals surface area contributed by atoms with Gasteiger partial charge in [-0.25, -0.2) is 0 Å². The summed E-state index contributed by atoms with van der Waals surface area (Å²) in [5.74, 6) is 0.0440. The molecule has 1 atom stereocenters. The fourth-order valence-corrected chi connectivity index (χ4v) is 6.32. The van der Waals surface area contributed by atoms with Crippen molar-refractivity contribution in [2.45, 2.75) is 80.5 Å². The predicted molar refractivity (Wildman–Crippen MR) is 219 cm³/mol. The van der Waals surface area contributed by atoms with E-state index in [1.165, 1.54) is 22.3 Å². The zero-order chi connectivity index (χ0) is 35.9. The molecule has 4 N–H and O–H groups in total. The molecule has 0 aromatic heterocycles. The maximum absolute atomic E-state index is 7.19. The largest absolute Gasteiger partial charge is 0.399 e. The molecule has 0 saturated heterocycles. The minimum atomic E-state index is -0.0998. The molecule has 0 amide bonds. The molecule has 0 bridgehead atoms. The maximum Gasteiger partial charge on any atom is 0.221 e. The molecule has 0 spiro atoms. The first-order chi connectivity index (χ1) is 23.1. The van der Waals surface area contributed by atoms with Gasteiger partial charge in [0.1, 0.15) is 0 Å². The predicted octanol–water partition coefficient (Wildman–Crippen LogP) is 11.1. The Morgan fingerprint density at radius 2 is 1.29 bits per heavy atom. The first-order valence-electron chi connectivity index (χ1n) is 17.5. The highest BCUT2D eigenvalue weighted by Gasteiger charge is 2.33. The lowest BCUT2D eigenvalue weighted by atomic mass is 9.32. The molecule has 4 heteroatoms. The number of nitrogen functional groups attached to an aromatic ring is 2. The van der Waals surface area contributed by atoms with Crippen LogP contribution in [0.3, 0.4) is 0 Å². The van der Waals surface area contributed by atoms with Crippen LogP contribution in [0.15, 0.2) is 144 Å². The Labute approximate surface area is 297 Å². The molecule has 0 aliphatic rings. The SMILES string of the molecule is C\C=C/C(=C\C(=C\C(C)=C/C)C(C)B(c1ccc(N(c2ccccc2)c2ccccc2)cc1N)c1cc(C(C)(C)C)ccc1N)C(C)(C)C. The van der Waals surface area contributed by atoms with Gasteiger partial charge in [0.05, 0.1) is 0 Å². The summed E-state index contributed by atoms with van der Waals surface area (Å²) in [6.45, 7) is 22.1. The molecule has 254 valence electrons. The lowest BCUT2D eigenvalue weighted by molar-refractivity contribution is 0.516. The van der Waals surface area contributed by atoms with Crippen LogP contribution < -0.4 is 27.3 Å². The molecule has 0 aliphatic heterocycles. The maximum atomic E-state index is 7.19. The smallest absolute Gasteiger partial charge is 0.221 e. The first kappa shape index (κ1) is 37.1. The van der Waals surface area contributed by atoms with Crippen molar-refractivity contribution in [1.82, 2.24) is 0 Å². The summed E-state index contributed by atoms with van der Waals surface area (Å²) in [6, 6.07) is 34.0. The van der Waals surface area contributed by atoms with E-state index in [1.807, 2.05) is 12.1 Å². The van der Waals surface area contributed by atoms with Gasteiger partial charge < -0.3 is 16.4 Å². The molecule has 0 aliphatic carbocycles. The van der Waals surface area contributed by atoms with Crippen molar-refractivity contribution < 1.29 is 0 Å². The van der Waals surface area contributed by atoms with E-state index in [2.05, 4.69) is 189 Å². The van der Waals surface area contributed by atoms with Crippen LogP contribution in [0.1, 0.15) is 74.8 Å². The lowest BCUT2D eigenvalue weighted by Gasteiger charge is -2.30. The van der Waals surface area contributed by atoms with Gasteiger partial charge in [-0.3, -0.25) is 0 Å². The summed E-state index contributed by atoms with van der Waals surface area (Å²) >= 11 is 0. The standard InChI is InChI=1S/C45H56BN3/c1-11-19-35(44(5,6)7)29-34(28-32(3)12-2)33(4)46(41-30-36(45(8,9)10)24-27-42(41)47)40-26-25-39(31-43(40)48)49(37-20-15-13-16-21-37)38-22-17-14-18-23-38/h11-31,33H,47-48H2,1-10H3/b19-11-,32-12-,34-28-,35-29+. The van der Waals surface area contributed by atoms with E-state index in [1.54, 1.807) is 0 Å². The summed E-state index contributed by atoms with van der Waals surface area (Å²) in [7, 11) is 0. The van der Waals surface area contributed by atoms with Crippen molar-refractivity contribution in [2.75, 3.05) is 16.4 Å². The number of benzene rings is 4. The zero-order valence-corrected chi connectivity index (χ0v) is 31.4. The van der Waals surface area contributed by atoms with Crippen LogP contribution in [0.4, 0.5) is 28.4 Å². The van der Waals surface area contributed by atoms with E-state index in [0.29, 0.717) is 0 Å². The minimum absolute atomic E-state index is 0.0329. The molecule has 49 heavy (non-hydrogen) atoms. The van der Waals surface area contributed by atoms with E-state index in [4.69, 9.17) is 11.5 Å². The average Bonchev–Trinajstić information content (AvgIpc) is 3.06. The Morgan fingerprint density at radius 1 is 0.694 bits per heavy atom. The Balaban J connectivity index is 2.00. The number of rotatable bonds is 10. The van der Waals surface area contributed by atoms with Crippen molar-refractivity contribution >= 4 is 46.1 Å². The average molecular weight is 650 g/mol. The fourth-order valence-electron chi connectivity index (χ4n) is 6.32. The minimum Gasteiger partial charge on any atom is -0.399 e. The topological polar surface area (TPSA) is 55.3 Å². The van der Waals surface area contributed by atoms with Gasteiger partial charge in [0.15, 0.2) is 0 Å². The lowest BCUT2D eigenvalue weighted by Crippen LogP contribution is -2.48. The number of hydrogen-bond donors (Lipinski definition) is 2. The summed E-state index contributed by atoms with van der Waals surface area (Å²) in [6.07, 6.45) is 11.2. The van der Waals surface area contributed by atoms with Crippen molar-refractivity contribution in [3.8, 4) is 0 Å². The molecule has 0 heterocycles. The molecular formula is C45H56BN3. The highest BCUT2D eigenvalue weighted by atomic mass is 15.1. The van der Waals surface area contributed by atoms with Gasteiger partial charge >= 0.3 is 0 Å². The van der Waals surface area contributed by atoms with E-state index >= 15 is 0 Å². The number of nitrogens with zero attached hydrogens (tertiary/aromatic N) is 1. The summed E-state index contributed by atoms with van der Waals surface area (Å²) in [4.78, 5) is 2.25. The molecule has 4 aromatic carbocycles. The van der Waals surface area contributed by atoms with Gasteiger partial charge in [-0.1, -0.05) is 156 Å². The van der Waals surface area contributed by atoms with Crippen LogP contribution in [0.5, 0.6) is 0 Å². The van der Waals surface area contributed by atoms with Crippen molar-refractivity contribution in [3.05, 3.63) is 150 Å². The highest BCUT2D eigenvalue weighted by molar-refractivity contribution is 6.88. The number of para-hydroxylation sites is 2. The van der Waals surface area contributed by atoms with Gasteiger partial charge in [-0.05, 0) is 91.0 Å². The molecular weight excluding hydrogens is 593 g/mol. The van der Waals surface area contributed by atoms with Crippen molar-refractivity contribution in [2.24, 2.45) is 5.41 Å². The molecule has 1 unspecified atom stereocenters. The Bertz CT molecular complexity index is 1790. The van der Waals surface area contributed by atoms with E-state index in [9.17, 15) is 0 Å². The summed E-state index contributed by atoms with van der Waals surface area (Å²) in [5, 5.41) is 0. The third-order valence-electron chi connectivity index (χ3n) is 9.39. The third-order valence-corrected chi connectivity index (χ3v) is 9.39. The first-order valence-corrected chi connectivity index (χ1v) is 17.5. The van der Waals surface area contributed by atoms with E-state index in [-0.39, 0.29) is 23.4 Å². The van der Waals surface area contributed by atoms with Gasteiger partial charge in [0.25, 0.3) is 0 Å². The van der Waals surface area contributed by atoms with Crippen molar-refractivity contribution in [3.63, 3.8) is 0 Å². The Hall–Kier alpha value is -4.70. The second kappa shape index (κ2) is 15.7. The number of anilines is 5. The summed E-state index contributed by atoms with van der Waals surface area (Å²) < 4.78 is 0. The quantitative estimate of drug-likeness (QED) is 0.102. The van der Waals surface area contributed by atoms with Gasteiger partial charge in [-0.2, -0.15) is 0 Å². The molecule has 0 saturated carbocycles. The van der Waals surface area contributed by atoms with Crippen LogP contribution in [-0.2, 0) is 5.41 Å². The van der Waals surface area contributed by atoms with Gasteiger partial charge in [0.2, 0.25) is 6.71 Å². The van der Waals surface area contributed by atoms with Crippen LogP contribution >= 0.6 is 0 Å². The van der Waals surface area contributed by atoms with Gasteiger partial charge in [0, 0.05) is 28.4 Å². The van der Waals surface area contributed by atoms with Crippen LogP contribution in [0.2, 0.25) is 5.82 Å². The molecule has 4 aromatic rings. The van der Waals surface area contributed by atoms with Crippen LogP contribution in [0.25, 0.3) is 0 Å².